The molecule has 6 nitrogen and oxygen atoms in total. The van der Waals surface area contributed by atoms with E-state index in [2.05, 4.69) is 63.4 Å². The predicted molar refractivity (Wildman–Crippen MR) is 102 cm³/mol. The number of likely N-dealkylation sites (N-methyl/N-ethyl adjacent to an activating group) is 1. The van der Waals surface area contributed by atoms with Crippen molar-refractivity contribution in [1.29, 1.82) is 0 Å². The molecule has 1 aliphatic rings. The zero-order valence-corrected chi connectivity index (χ0v) is 15.4. The molecule has 1 saturated heterocycles. The quantitative estimate of drug-likeness (QED) is 0.452. The van der Waals surface area contributed by atoms with Gasteiger partial charge in [0.25, 0.3) is 0 Å². The van der Waals surface area contributed by atoms with E-state index < -0.39 is 0 Å². The fourth-order valence-corrected chi connectivity index (χ4v) is 2.63. The highest BCUT2D eigenvalue weighted by Gasteiger charge is 2.14. The molecule has 0 unspecified atom stereocenters. The molecule has 0 amide bonds. The number of nitrogens with zero attached hydrogens (tertiary/aromatic N) is 4. The van der Waals surface area contributed by atoms with Crippen molar-refractivity contribution in [3.05, 3.63) is 23.9 Å². The van der Waals surface area contributed by atoms with Crippen molar-refractivity contribution in [1.82, 2.24) is 20.5 Å². The van der Waals surface area contributed by atoms with E-state index in [9.17, 15) is 0 Å². The van der Waals surface area contributed by atoms with Crippen LogP contribution in [0.25, 0.3) is 0 Å². The third-order valence-corrected chi connectivity index (χ3v) is 4.22. The Kier molecular flexibility index (Phi) is 7.82. The number of hydrogen-bond donors (Lipinski definition) is 2. The number of rotatable bonds is 7. The average molecular weight is 332 g/mol. The Morgan fingerprint density at radius 2 is 1.96 bits per heavy atom. The summed E-state index contributed by atoms with van der Waals surface area (Å²) in [6.07, 6.45) is 4.29. The molecular formula is C18H32N6. The maximum Gasteiger partial charge on any atom is 0.191 e. The van der Waals surface area contributed by atoms with Gasteiger partial charge in [-0.3, -0.25) is 0 Å². The summed E-state index contributed by atoms with van der Waals surface area (Å²) in [5.74, 6) is 1.96. The topological polar surface area (TPSA) is 55.8 Å². The second kappa shape index (κ2) is 10.1. The van der Waals surface area contributed by atoms with Gasteiger partial charge in [-0.1, -0.05) is 19.4 Å². The Morgan fingerprint density at radius 3 is 2.58 bits per heavy atom. The zero-order valence-electron chi connectivity index (χ0n) is 15.4. The van der Waals surface area contributed by atoms with E-state index in [1.54, 1.807) is 0 Å². The van der Waals surface area contributed by atoms with Gasteiger partial charge in [-0.05, 0) is 32.0 Å². The van der Waals surface area contributed by atoms with Crippen LogP contribution in [0.4, 0.5) is 5.82 Å². The lowest BCUT2D eigenvalue weighted by molar-refractivity contribution is 0.312. The normalized spacial score (nSPS) is 16.3. The predicted octanol–water partition coefficient (Wildman–Crippen LogP) is 1.69. The number of pyridine rings is 1. The van der Waals surface area contributed by atoms with Crippen LogP contribution in [0.2, 0.25) is 0 Å². The number of aliphatic imine (C=N–C) groups is 1. The van der Waals surface area contributed by atoms with E-state index in [4.69, 9.17) is 0 Å². The van der Waals surface area contributed by atoms with E-state index in [0.717, 1.165) is 63.0 Å². The van der Waals surface area contributed by atoms with Gasteiger partial charge in [-0.25, -0.2) is 9.98 Å². The SMILES string of the molecule is CCCCNC(=NCc1ccc(N2CCN(C)CC2)nc1)NCC. The lowest BCUT2D eigenvalue weighted by atomic mass is 10.2. The van der Waals surface area contributed by atoms with Crippen LogP contribution in [0.5, 0.6) is 0 Å². The molecule has 0 saturated carbocycles. The number of aromatic nitrogens is 1. The van der Waals surface area contributed by atoms with Gasteiger partial charge in [0.2, 0.25) is 0 Å². The Morgan fingerprint density at radius 1 is 1.17 bits per heavy atom. The monoisotopic (exact) mass is 332 g/mol. The molecule has 2 heterocycles. The molecule has 0 bridgehead atoms. The molecule has 1 aromatic heterocycles. The number of anilines is 1. The highest BCUT2D eigenvalue weighted by Crippen LogP contribution is 2.13. The molecule has 2 N–H and O–H groups in total. The summed E-state index contributed by atoms with van der Waals surface area (Å²) >= 11 is 0. The molecule has 0 spiro atoms. The van der Waals surface area contributed by atoms with Gasteiger partial charge in [0.1, 0.15) is 5.82 Å². The standard InChI is InChI=1S/C18H32N6/c1-4-6-9-20-18(19-5-2)22-15-16-7-8-17(21-14-16)24-12-10-23(3)11-13-24/h7-8,14H,4-6,9-13,15H2,1-3H3,(H2,19,20,22). The van der Waals surface area contributed by atoms with E-state index in [1.165, 1.54) is 6.42 Å². The van der Waals surface area contributed by atoms with Crippen molar-refractivity contribution in [3.8, 4) is 0 Å². The van der Waals surface area contributed by atoms with Gasteiger partial charge in [0.05, 0.1) is 6.54 Å². The summed E-state index contributed by atoms with van der Waals surface area (Å²) in [5.41, 5.74) is 1.14. The molecule has 0 atom stereocenters. The number of hydrogen-bond acceptors (Lipinski definition) is 4. The third-order valence-electron chi connectivity index (χ3n) is 4.22. The van der Waals surface area contributed by atoms with Gasteiger partial charge in [-0.2, -0.15) is 0 Å². The maximum absolute atomic E-state index is 4.64. The molecule has 1 fully saturated rings. The average Bonchev–Trinajstić information content (AvgIpc) is 2.61. The van der Waals surface area contributed by atoms with E-state index in [0.29, 0.717) is 6.54 Å². The minimum atomic E-state index is 0.650. The van der Waals surface area contributed by atoms with E-state index >= 15 is 0 Å². The fourth-order valence-electron chi connectivity index (χ4n) is 2.63. The van der Waals surface area contributed by atoms with Crippen molar-refractivity contribution in [2.45, 2.75) is 33.2 Å². The number of unbranched alkanes of at least 4 members (excludes halogenated alkanes) is 1. The number of nitrogens with one attached hydrogen (secondary N) is 2. The van der Waals surface area contributed by atoms with Crippen LogP contribution in [-0.2, 0) is 6.54 Å². The summed E-state index contributed by atoms with van der Waals surface area (Å²) in [6, 6.07) is 4.26. The largest absolute Gasteiger partial charge is 0.357 e. The van der Waals surface area contributed by atoms with Gasteiger partial charge >= 0.3 is 0 Å². The summed E-state index contributed by atoms with van der Waals surface area (Å²) < 4.78 is 0. The Balaban J connectivity index is 1.88. The lowest BCUT2D eigenvalue weighted by Crippen LogP contribution is -2.44. The Labute approximate surface area is 146 Å². The summed E-state index contributed by atoms with van der Waals surface area (Å²) in [7, 11) is 2.17. The minimum Gasteiger partial charge on any atom is -0.357 e. The smallest absolute Gasteiger partial charge is 0.191 e. The van der Waals surface area contributed by atoms with Crippen LogP contribution in [0, 0.1) is 0 Å². The molecule has 0 aromatic carbocycles. The van der Waals surface area contributed by atoms with Gasteiger partial charge in [-0.15, -0.1) is 0 Å². The van der Waals surface area contributed by atoms with Crippen LogP contribution >= 0.6 is 0 Å². The van der Waals surface area contributed by atoms with E-state index in [-0.39, 0.29) is 0 Å². The first kappa shape index (κ1) is 18.5. The highest BCUT2D eigenvalue weighted by atomic mass is 15.3. The van der Waals surface area contributed by atoms with Crippen LogP contribution in [0.1, 0.15) is 32.3 Å². The second-order valence-corrected chi connectivity index (χ2v) is 6.29. The third kappa shape index (κ3) is 6.00. The Hall–Kier alpha value is -1.82. The van der Waals surface area contributed by atoms with Crippen LogP contribution < -0.4 is 15.5 Å². The minimum absolute atomic E-state index is 0.650. The summed E-state index contributed by atoms with van der Waals surface area (Å²) in [6.45, 7) is 11.1. The molecule has 1 aromatic rings. The molecule has 0 radical (unpaired) electrons. The van der Waals surface area contributed by atoms with Crippen LogP contribution in [0.15, 0.2) is 23.3 Å². The van der Waals surface area contributed by atoms with Crippen molar-refractivity contribution >= 4 is 11.8 Å². The maximum atomic E-state index is 4.64. The lowest BCUT2D eigenvalue weighted by Gasteiger charge is -2.33. The Bertz CT molecular complexity index is 491. The first-order chi connectivity index (χ1) is 11.7. The zero-order chi connectivity index (χ0) is 17.2. The van der Waals surface area contributed by atoms with Gasteiger partial charge in [0.15, 0.2) is 5.96 Å². The highest BCUT2D eigenvalue weighted by molar-refractivity contribution is 5.79. The fraction of sp³-hybridized carbons (Fsp3) is 0.667. The van der Waals surface area contributed by atoms with Crippen LogP contribution in [-0.4, -0.2) is 62.2 Å². The van der Waals surface area contributed by atoms with Crippen molar-refractivity contribution in [2.75, 3.05) is 51.2 Å². The van der Waals surface area contributed by atoms with Crippen molar-refractivity contribution in [2.24, 2.45) is 4.99 Å². The molecule has 6 heteroatoms. The van der Waals surface area contributed by atoms with E-state index in [1.807, 2.05) is 6.20 Å². The number of guanidine groups is 1. The molecule has 2 rings (SSSR count). The molecule has 24 heavy (non-hydrogen) atoms. The van der Waals surface area contributed by atoms with Gasteiger partial charge < -0.3 is 20.4 Å². The first-order valence-corrected chi connectivity index (χ1v) is 9.13. The molecular weight excluding hydrogens is 300 g/mol. The molecule has 134 valence electrons. The molecule has 1 aliphatic heterocycles. The summed E-state index contributed by atoms with van der Waals surface area (Å²) in [5, 5.41) is 6.65. The first-order valence-electron chi connectivity index (χ1n) is 9.13. The van der Waals surface area contributed by atoms with Crippen molar-refractivity contribution < 1.29 is 0 Å². The van der Waals surface area contributed by atoms with Gasteiger partial charge in [0, 0.05) is 45.5 Å². The van der Waals surface area contributed by atoms with Crippen molar-refractivity contribution in [3.63, 3.8) is 0 Å². The summed E-state index contributed by atoms with van der Waals surface area (Å²) in [4.78, 5) is 14.0. The molecule has 0 aliphatic carbocycles. The second-order valence-electron chi connectivity index (χ2n) is 6.29. The van der Waals surface area contributed by atoms with Crippen LogP contribution in [0.3, 0.4) is 0 Å². The number of piperazine rings is 1.